The molecule has 0 aliphatic carbocycles. The summed E-state index contributed by atoms with van der Waals surface area (Å²) < 4.78 is 2.16. The fraction of sp³-hybridized carbons (Fsp3) is 0.0370. The van der Waals surface area contributed by atoms with Gasteiger partial charge in [-0.25, -0.2) is 0 Å². The standard InChI is InChI=1S/C27H21N3O2/c28-26(31)20-9-4-6-17(14-20)16-30-23-11-5-10-22(27(29)32)25(23)21-13-12-19(15-24(21)30)18-7-2-1-3-8-18/h1-15H,16H2,(H2,28,31)(H2,29,32). The van der Waals surface area contributed by atoms with Gasteiger partial charge < -0.3 is 16.0 Å². The van der Waals surface area contributed by atoms with Crippen LogP contribution >= 0.6 is 0 Å². The van der Waals surface area contributed by atoms with Gasteiger partial charge in [0.15, 0.2) is 0 Å². The Morgan fingerprint density at radius 2 is 1.47 bits per heavy atom. The highest BCUT2D eigenvalue weighted by Gasteiger charge is 2.17. The van der Waals surface area contributed by atoms with Crippen LogP contribution in [0.3, 0.4) is 0 Å². The van der Waals surface area contributed by atoms with Crippen LogP contribution in [0.1, 0.15) is 26.3 Å². The van der Waals surface area contributed by atoms with E-state index in [0.29, 0.717) is 17.7 Å². The third-order valence-corrected chi connectivity index (χ3v) is 5.82. The third-order valence-electron chi connectivity index (χ3n) is 5.82. The summed E-state index contributed by atoms with van der Waals surface area (Å²) in [5, 5.41) is 1.79. The van der Waals surface area contributed by atoms with E-state index in [1.165, 1.54) is 0 Å². The van der Waals surface area contributed by atoms with Crippen LogP contribution in [-0.4, -0.2) is 16.4 Å². The van der Waals surface area contributed by atoms with Gasteiger partial charge in [-0.1, -0.05) is 60.7 Å². The summed E-state index contributed by atoms with van der Waals surface area (Å²) in [6.07, 6.45) is 0. The second kappa shape index (κ2) is 7.71. The van der Waals surface area contributed by atoms with Crippen LogP contribution in [0.25, 0.3) is 32.9 Å². The second-order valence-electron chi connectivity index (χ2n) is 7.81. The number of nitrogens with two attached hydrogens (primary N) is 2. The molecule has 0 aliphatic heterocycles. The molecule has 2 amide bonds. The number of aromatic nitrogens is 1. The molecule has 0 spiro atoms. The van der Waals surface area contributed by atoms with Gasteiger partial charge in [-0.05, 0) is 47.0 Å². The Kier molecular flexibility index (Phi) is 4.71. The van der Waals surface area contributed by atoms with Crippen LogP contribution in [0.4, 0.5) is 0 Å². The summed E-state index contributed by atoms with van der Waals surface area (Å²) >= 11 is 0. The van der Waals surface area contributed by atoms with Gasteiger partial charge in [0.25, 0.3) is 0 Å². The minimum Gasteiger partial charge on any atom is -0.366 e. The first-order valence-corrected chi connectivity index (χ1v) is 10.3. The fourth-order valence-corrected chi connectivity index (χ4v) is 4.34. The van der Waals surface area contributed by atoms with E-state index in [9.17, 15) is 9.59 Å². The monoisotopic (exact) mass is 419 g/mol. The average Bonchev–Trinajstić information content (AvgIpc) is 3.12. The van der Waals surface area contributed by atoms with Crippen LogP contribution in [-0.2, 0) is 6.54 Å². The molecule has 0 atom stereocenters. The second-order valence-corrected chi connectivity index (χ2v) is 7.81. The van der Waals surface area contributed by atoms with Gasteiger partial charge in [0.1, 0.15) is 0 Å². The van der Waals surface area contributed by atoms with E-state index in [1.807, 2.05) is 48.5 Å². The number of amides is 2. The third kappa shape index (κ3) is 3.30. The van der Waals surface area contributed by atoms with Crippen molar-refractivity contribution in [2.24, 2.45) is 11.5 Å². The van der Waals surface area contributed by atoms with Crippen molar-refractivity contribution in [1.82, 2.24) is 4.57 Å². The van der Waals surface area contributed by atoms with Crippen LogP contribution in [0.5, 0.6) is 0 Å². The number of benzene rings is 4. The Morgan fingerprint density at radius 3 is 2.22 bits per heavy atom. The summed E-state index contributed by atoms with van der Waals surface area (Å²) in [4.78, 5) is 23.9. The molecule has 5 heteroatoms. The maximum atomic E-state index is 12.2. The van der Waals surface area contributed by atoms with Gasteiger partial charge in [0.2, 0.25) is 11.8 Å². The zero-order valence-corrected chi connectivity index (χ0v) is 17.3. The molecule has 0 saturated carbocycles. The van der Waals surface area contributed by atoms with Gasteiger partial charge in [-0.3, -0.25) is 9.59 Å². The van der Waals surface area contributed by atoms with Crippen molar-refractivity contribution >= 4 is 33.6 Å². The van der Waals surface area contributed by atoms with Crippen molar-refractivity contribution in [3.05, 3.63) is 108 Å². The first-order valence-electron chi connectivity index (χ1n) is 10.3. The van der Waals surface area contributed by atoms with E-state index in [4.69, 9.17) is 11.5 Å². The molecule has 4 aromatic carbocycles. The Bertz CT molecular complexity index is 1500. The van der Waals surface area contributed by atoms with Crippen LogP contribution in [0, 0.1) is 0 Å². The SMILES string of the molecule is NC(=O)c1cccc(Cn2c3cc(-c4ccccc4)ccc3c3c(C(N)=O)cccc32)c1. The van der Waals surface area contributed by atoms with Crippen molar-refractivity contribution in [2.45, 2.75) is 6.54 Å². The summed E-state index contributed by atoms with van der Waals surface area (Å²) in [5.41, 5.74) is 17.2. The molecule has 156 valence electrons. The lowest BCUT2D eigenvalue weighted by molar-refractivity contribution is 0.0992. The number of carbonyl (C=O) groups is 2. The summed E-state index contributed by atoms with van der Waals surface area (Å²) in [5.74, 6) is -0.922. The molecule has 0 aliphatic rings. The molecule has 0 bridgehead atoms. The first-order chi connectivity index (χ1) is 15.5. The van der Waals surface area contributed by atoms with E-state index >= 15 is 0 Å². The minimum absolute atomic E-state index is 0.461. The van der Waals surface area contributed by atoms with E-state index < -0.39 is 11.8 Å². The number of hydrogen-bond acceptors (Lipinski definition) is 2. The number of rotatable bonds is 5. The highest BCUT2D eigenvalue weighted by molar-refractivity contribution is 6.18. The molecular weight excluding hydrogens is 398 g/mol. The zero-order valence-electron chi connectivity index (χ0n) is 17.3. The van der Waals surface area contributed by atoms with Gasteiger partial charge in [0.05, 0.1) is 11.0 Å². The topological polar surface area (TPSA) is 91.1 Å². The molecule has 0 fully saturated rings. The molecule has 5 rings (SSSR count). The number of primary amides is 2. The summed E-state index contributed by atoms with van der Waals surface area (Å²) in [7, 11) is 0. The van der Waals surface area contributed by atoms with E-state index in [1.54, 1.807) is 18.2 Å². The quantitative estimate of drug-likeness (QED) is 0.432. The Morgan fingerprint density at radius 1 is 0.688 bits per heavy atom. The summed E-state index contributed by atoms with van der Waals surface area (Å²) in [6, 6.07) is 29.3. The van der Waals surface area contributed by atoms with E-state index in [0.717, 1.165) is 38.5 Å². The van der Waals surface area contributed by atoms with Gasteiger partial charge >= 0.3 is 0 Å². The van der Waals surface area contributed by atoms with Crippen molar-refractivity contribution in [1.29, 1.82) is 0 Å². The molecule has 0 unspecified atom stereocenters. The molecule has 1 heterocycles. The molecule has 0 radical (unpaired) electrons. The van der Waals surface area contributed by atoms with Crippen molar-refractivity contribution in [2.75, 3.05) is 0 Å². The lowest BCUT2D eigenvalue weighted by Crippen LogP contribution is -2.12. The molecule has 32 heavy (non-hydrogen) atoms. The largest absolute Gasteiger partial charge is 0.366 e. The van der Waals surface area contributed by atoms with Gasteiger partial charge in [-0.15, -0.1) is 0 Å². The smallest absolute Gasteiger partial charge is 0.249 e. The van der Waals surface area contributed by atoms with Gasteiger partial charge in [0, 0.05) is 28.4 Å². The van der Waals surface area contributed by atoms with Crippen LogP contribution in [0.15, 0.2) is 91.0 Å². The summed E-state index contributed by atoms with van der Waals surface area (Å²) in [6.45, 7) is 0.515. The van der Waals surface area contributed by atoms with Crippen molar-refractivity contribution in [3.8, 4) is 11.1 Å². The molecule has 5 nitrogen and oxygen atoms in total. The number of nitrogens with zero attached hydrogens (tertiary/aromatic N) is 1. The maximum absolute atomic E-state index is 12.2. The highest BCUT2D eigenvalue weighted by Crippen LogP contribution is 2.35. The van der Waals surface area contributed by atoms with Crippen LogP contribution in [0.2, 0.25) is 0 Å². The number of hydrogen-bond donors (Lipinski definition) is 2. The Labute approximate surface area is 184 Å². The molecular formula is C27H21N3O2. The maximum Gasteiger partial charge on any atom is 0.249 e. The molecule has 5 aromatic rings. The van der Waals surface area contributed by atoms with Crippen molar-refractivity contribution in [3.63, 3.8) is 0 Å². The van der Waals surface area contributed by atoms with E-state index in [-0.39, 0.29) is 0 Å². The average molecular weight is 419 g/mol. The fourth-order valence-electron chi connectivity index (χ4n) is 4.34. The highest BCUT2D eigenvalue weighted by atomic mass is 16.1. The lowest BCUT2D eigenvalue weighted by atomic mass is 10.0. The molecule has 0 saturated heterocycles. The van der Waals surface area contributed by atoms with Crippen molar-refractivity contribution < 1.29 is 9.59 Å². The Balaban J connectivity index is 1.78. The predicted octanol–water partition coefficient (Wildman–Crippen LogP) is 4.71. The lowest BCUT2D eigenvalue weighted by Gasteiger charge is -2.10. The zero-order chi connectivity index (χ0) is 22.2. The number of carbonyl (C=O) groups excluding carboxylic acids is 2. The predicted molar refractivity (Wildman–Crippen MR) is 127 cm³/mol. The molecule has 4 N–H and O–H groups in total. The first kappa shape index (κ1) is 19.6. The van der Waals surface area contributed by atoms with Crippen LogP contribution < -0.4 is 11.5 Å². The number of fused-ring (bicyclic) bond motifs is 3. The Hall–Kier alpha value is -4.38. The van der Waals surface area contributed by atoms with Gasteiger partial charge in [-0.2, -0.15) is 0 Å². The normalized spacial score (nSPS) is 11.1. The molecule has 1 aromatic heterocycles. The minimum atomic E-state index is -0.462. The van der Waals surface area contributed by atoms with E-state index in [2.05, 4.69) is 28.8 Å².